The highest BCUT2D eigenvalue weighted by molar-refractivity contribution is 5.83. The predicted molar refractivity (Wildman–Crippen MR) is 120 cm³/mol. The Kier molecular flexibility index (Phi) is 6.85. The van der Waals surface area contributed by atoms with Crippen molar-refractivity contribution < 1.29 is 18.0 Å². The molecule has 2 aromatic heterocycles. The molecular weight excluding hydrogens is 433 g/mol. The van der Waals surface area contributed by atoms with Crippen LogP contribution in [-0.4, -0.2) is 26.9 Å². The summed E-state index contributed by atoms with van der Waals surface area (Å²) in [5, 5.41) is 5.48. The molecule has 2 heterocycles. The van der Waals surface area contributed by atoms with E-state index in [1.807, 2.05) is 42.5 Å². The maximum Gasteiger partial charge on any atom is 0.421 e. The Balaban J connectivity index is 1.79. The van der Waals surface area contributed by atoms with Gasteiger partial charge in [-0.15, -0.1) is 0 Å². The van der Waals surface area contributed by atoms with Gasteiger partial charge < -0.3 is 16.4 Å². The summed E-state index contributed by atoms with van der Waals surface area (Å²) in [6, 6.07) is 12.1. The van der Waals surface area contributed by atoms with Crippen LogP contribution in [0.25, 0.3) is 11.3 Å². The molecule has 33 heavy (non-hydrogen) atoms. The zero-order valence-electron chi connectivity index (χ0n) is 18.4. The fourth-order valence-electron chi connectivity index (χ4n) is 3.14. The number of pyridine rings is 1. The van der Waals surface area contributed by atoms with Gasteiger partial charge in [-0.2, -0.15) is 18.2 Å². The number of benzene rings is 1. The molecule has 3 rings (SSSR count). The molecule has 7 nitrogen and oxygen atoms in total. The molecule has 1 atom stereocenters. The van der Waals surface area contributed by atoms with Gasteiger partial charge in [0.05, 0.1) is 5.69 Å². The number of nitrogens with two attached hydrogens (primary N) is 1. The lowest BCUT2D eigenvalue weighted by molar-refractivity contribution is -0.137. The first-order chi connectivity index (χ1) is 15.4. The van der Waals surface area contributed by atoms with E-state index in [2.05, 4.69) is 25.6 Å². The lowest BCUT2D eigenvalue weighted by atomic mass is 9.86. The Bertz CT molecular complexity index is 1100. The van der Waals surface area contributed by atoms with Crippen LogP contribution in [0.4, 0.5) is 24.9 Å². The molecule has 4 N–H and O–H groups in total. The number of nitrogens with zero attached hydrogens (tertiary/aromatic N) is 3. The third kappa shape index (κ3) is 6.18. The molecule has 1 aromatic carbocycles. The summed E-state index contributed by atoms with van der Waals surface area (Å²) in [4.78, 5) is 23.9. The Morgan fingerprint density at radius 3 is 2.30 bits per heavy atom. The fraction of sp³-hybridized carbons (Fsp3) is 0.304. The first kappa shape index (κ1) is 24.0. The average molecular weight is 458 g/mol. The van der Waals surface area contributed by atoms with Gasteiger partial charge in [0.25, 0.3) is 0 Å². The quantitative estimate of drug-likeness (QED) is 0.482. The Morgan fingerprint density at radius 2 is 1.76 bits per heavy atom. The van der Waals surface area contributed by atoms with Crippen molar-refractivity contribution in [1.82, 2.24) is 15.0 Å². The van der Waals surface area contributed by atoms with E-state index in [-0.39, 0.29) is 12.5 Å². The number of primary amides is 1. The number of rotatable bonds is 7. The Labute approximate surface area is 189 Å². The summed E-state index contributed by atoms with van der Waals surface area (Å²) in [7, 11) is 0. The molecule has 0 aliphatic rings. The number of carbonyl (C=O) groups is 1. The van der Waals surface area contributed by atoms with Crippen molar-refractivity contribution in [1.29, 1.82) is 0 Å². The first-order valence-electron chi connectivity index (χ1n) is 10.2. The normalized spacial score (nSPS) is 12.8. The molecule has 0 aliphatic heterocycles. The Morgan fingerprint density at radius 1 is 1.06 bits per heavy atom. The number of carbonyl (C=O) groups excluding carboxylic acids is 1. The van der Waals surface area contributed by atoms with Crippen LogP contribution in [0.2, 0.25) is 0 Å². The Hall–Kier alpha value is -3.69. The van der Waals surface area contributed by atoms with E-state index in [9.17, 15) is 18.0 Å². The summed E-state index contributed by atoms with van der Waals surface area (Å²) in [6.07, 6.45) is -2.31. The molecule has 0 bridgehead atoms. The minimum absolute atomic E-state index is 0.0172. The molecule has 1 amide bonds. The number of alkyl halides is 3. The van der Waals surface area contributed by atoms with Gasteiger partial charge in [-0.3, -0.25) is 9.78 Å². The third-order valence-electron chi connectivity index (χ3n) is 4.89. The van der Waals surface area contributed by atoms with Gasteiger partial charge in [0.1, 0.15) is 17.4 Å². The number of hydrogen-bond acceptors (Lipinski definition) is 6. The second-order valence-corrected chi connectivity index (χ2v) is 8.56. The van der Waals surface area contributed by atoms with Crippen LogP contribution in [0.3, 0.4) is 0 Å². The maximum absolute atomic E-state index is 13.5. The summed E-state index contributed by atoms with van der Waals surface area (Å²) in [6.45, 7) is 5.36. The fourth-order valence-corrected chi connectivity index (χ4v) is 3.14. The summed E-state index contributed by atoms with van der Waals surface area (Å²) in [5.41, 5.74) is 6.25. The highest BCUT2D eigenvalue weighted by Gasteiger charge is 2.38. The maximum atomic E-state index is 13.5. The number of nitrogens with one attached hydrogen (secondary N) is 2. The van der Waals surface area contributed by atoms with Gasteiger partial charge in [0.2, 0.25) is 11.9 Å². The molecule has 0 unspecified atom stereocenters. The van der Waals surface area contributed by atoms with Crippen LogP contribution in [0.15, 0.2) is 54.9 Å². The van der Waals surface area contributed by atoms with E-state index in [4.69, 9.17) is 5.73 Å². The lowest BCUT2D eigenvalue weighted by Crippen LogP contribution is -2.45. The van der Waals surface area contributed by atoms with E-state index in [0.717, 1.165) is 16.8 Å². The molecule has 0 saturated heterocycles. The average Bonchev–Trinajstić information content (AvgIpc) is 2.75. The van der Waals surface area contributed by atoms with E-state index < -0.39 is 34.9 Å². The largest absolute Gasteiger partial charge is 0.421 e. The van der Waals surface area contributed by atoms with Crippen molar-refractivity contribution in [3.05, 3.63) is 66.0 Å². The van der Waals surface area contributed by atoms with Gasteiger partial charge in [-0.25, -0.2) is 4.98 Å². The van der Waals surface area contributed by atoms with Crippen molar-refractivity contribution >= 4 is 17.7 Å². The zero-order chi connectivity index (χ0) is 24.2. The number of aromatic nitrogens is 3. The van der Waals surface area contributed by atoms with Gasteiger partial charge in [-0.05, 0) is 23.1 Å². The third-order valence-corrected chi connectivity index (χ3v) is 4.89. The van der Waals surface area contributed by atoms with Crippen LogP contribution < -0.4 is 16.4 Å². The second kappa shape index (κ2) is 9.43. The van der Waals surface area contributed by atoms with E-state index in [1.165, 1.54) is 0 Å². The molecule has 10 heteroatoms. The van der Waals surface area contributed by atoms with Gasteiger partial charge in [0, 0.05) is 24.5 Å². The van der Waals surface area contributed by atoms with Crippen LogP contribution in [0.1, 0.15) is 31.9 Å². The molecule has 0 spiro atoms. The highest BCUT2D eigenvalue weighted by atomic mass is 19.4. The number of amides is 1. The number of anilines is 2. The standard InChI is InChI=1S/C23H25F3N6O/c1-22(2,3)18(19(27)33)31-20-16(23(24,25)26)13-30-21(32-20)29-12-14-7-9-15(10-8-14)17-6-4-5-11-28-17/h4-11,13,18H,12H2,1-3H3,(H2,27,33)(H2,29,30,31,32)/t18-/m0/s1. The first-order valence-corrected chi connectivity index (χ1v) is 10.2. The van der Waals surface area contributed by atoms with E-state index >= 15 is 0 Å². The summed E-state index contributed by atoms with van der Waals surface area (Å²) in [5.74, 6) is -1.31. The lowest BCUT2D eigenvalue weighted by Gasteiger charge is -2.30. The second-order valence-electron chi connectivity index (χ2n) is 8.56. The van der Waals surface area contributed by atoms with Gasteiger partial charge in [0.15, 0.2) is 0 Å². The molecular formula is C23H25F3N6O. The van der Waals surface area contributed by atoms with E-state index in [1.54, 1.807) is 27.0 Å². The van der Waals surface area contributed by atoms with Crippen LogP contribution >= 0.6 is 0 Å². The van der Waals surface area contributed by atoms with Crippen LogP contribution in [0.5, 0.6) is 0 Å². The molecule has 0 aliphatic carbocycles. The summed E-state index contributed by atoms with van der Waals surface area (Å²) >= 11 is 0. The monoisotopic (exact) mass is 458 g/mol. The van der Waals surface area contributed by atoms with Crippen LogP contribution in [-0.2, 0) is 17.5 Å². The van der Waals surface area contributed by atoms with Gasteiger partial charge >= 0.3 is 6.18 Å². The van der Waals surface area contributed by atoms with Crippen LogP contribution in [0, 0.1) is 5.41 Å². The molecule has 0 radical (unpaired) electrons. The molecule has 174 valence electrons. The number of hydrogen-bond donors (Lipinski definition) is 3. The minimum Gasteiger partial charge on any atom is -0.368 e. The minimum atomic E-state index is -4.71. The van der Waals surface area contributed by atoms with E-state index in [0.29, 0.717) is 6.20 Å². The molecule has 0 saturated carbocycles. The van der Waals surface area contributed by atoms with Crippen molar-refractivity contribution in [2.24, 2.45) is 11.1 Å². The van der Waals surface area contributed by atoms with Crippen molar-refractivity contribution in [2.45, 2.75) is 39.5 Å². The van der Waals surface area contributed by atoms with Crippen molar-refractivity contribution in [2.75, 3.05) is 10.6 Å². The SMILES string of the molecule is CC(C)(C)[C@@H](Nc1nc(NCc2ccc(-c3ccccn3)cc2)ncc1C(F)(F)F)C(N)=O. The predicted octanol–water partition coefficient (Wildman–Crippen LogP) is 4.48. The molecule has 0 fully saturated rings. The highest BCUT2D eigenvalue weighted by Crippen LogP contribution is 2.35. The molecule has 3 aromatic rings. The summed E-state index contributed by atoms with van der Waals surface area (Å²) < 4.78 is 40.5. The van der Waals surface area contributed by atoms with Gasteiger partial charge in [-0.1, -0.05) is 51.1 Å². The van der Waals surface area contributed by atoms with Crippen molar-refractivity contribution in [3.8, 4) is 11.3 Å². The van der Waals surface area contributed by atoms with Crippen molar-refractivity contribution in [3.63, 3.8) is 0 Å². The zero-order valence-corrected chi connectivity index (χ0v) is 18.4. The topological polar surface area (TPSA) is 106 Å². The smallest absolute Gasteiger partial charge is 0.368 e. The number of halogens is 3.